The summed E-state index contributed by atoms with van der Waals surface area (Å²) in [6.45, 7) is 0. The number of pyridine rings is 1. The van der Waals surface area contributed by atoms with Crippen LogP contribution in [0.5, 0.6) is 0 Å². The van der Waals surface area contributed by atoms with Gasteiger partial charge in [0.05, 0.1) is 17.8 Å². The minimum Gasteiger partial charge on any atom is -0.338 e. The molecule has 2 fully saturated rings. The summed E-state index contributed by atoms with van der Waals surface area (Å²) in [6.07, 6.45) is 2.13. The van der Waals surface area contributed by atoms with Gasteiger partial charge in [-0.1, -0.05) is 24.9 Å². The zero-order valence-electron chi connectivity index (χ0n) is 16.5. The molecular formula is C23H20FN3O2S2. The molecule has 1 saturated heterocycles. The van der Waals surface area contributed by atoms with E-state index in [0.29, 0.717) is 23.1 Å². The van der Waals surface area contributed by atoms with Crippen molar-refractivity contribution in [3.8, 4) is 0 Å². The van der Waals surface area contributed by atoms with Crippen molar-refractivity contribution in [1.29, 1.82) is 0 Å². The first-order valence-corrected chi connectivity index (χ1v) is 11.4. The molecule has 1 saturated carbocycles. The standard InChI is InChI=1S/C23H20FN3O2S2/c24-18-10-15(14-4-5-14)6-7-19(18)25-21-3-1-2-20(26-21)23(16-8-9-31-13-16)12-17(28)11-22(29)27(23)30/h1-3,6-10,13-14,30H,4-5,11-12H2,(H,25,26). The maximum absolute atomic E-state index is 14.6. The number of benzene rings is 1. The first-order chi connectivity index (χ1) is 15.0. The second-order valence-corrected chi connectivity index (χ2v) is 9.20. The summed E-state index contributed by atoms with van der Waals surface area (Å²) >= 11 is 5.95. The van der Waals surface area contributed by atoms with Crippen LogP contribution in [0.15, 0.2) is 53.2 Å². The zero-order valence-corrected chi connectivity index (χ0v) is 18.3. The molecule has 0 spiro atoms. The van der Waals surface area contributed by atoms with Gasteiger partial charge in [0.2, 0.25) is 5.91 Å². The van der Waals surface area contributed by atoms with Crippen LogP contribution in [0.1, 0.15) is 48.4 Å². The van der Waals surface area contributed by atoms with Gasteiger partial charge in [-0.25, -0.2) is 9.37 Å². The third-order valence-electron chi connectivity index (χ3n) is 5.88. The van der Waals surface area contributed by atoms with Gasteiger partial charge in [0.1, 0.15) is 23.0 Å². The second-order valence-electron chi connectivity index (χ2n) is 8.02. The quantitative estimate of drug-likeness (QED) is 0.413. The highest BCUT2D eigenvalue weighted by molar-refractivity contribution is 7.78. The minimum absolute atomic E-state index is 0.0832. The van der Waals surface area contributed by atoms with E-state index in [2.05, 4.69) is 23.1 Å². The van der Waals surface area contributed by atoms with Crippen LogP contribution in [0, 0.1) is 5.82 Å². The summed E-state index contributed by atoms with van der Waals surface area (Å²) in [5.41, 5.74) is 1.52. The number of carbonyl (C=O) groups is 2. The van der Waals surface area contributed by atoms with Crippen molar-refractivity contribution in [3.05, 3.63) is 75.9 Å². The van der Waals surface area contributed by atoms with Gasteiger partial charge in [-0.15, -0.1) is 0 Å². The van der Waals surface area contributed by atoms with Crippen LogP contribution < -0.4 is 5.32 Å². The number of nitrogens with one attached hydrogen (secondary N) is 1. The number of halogens is 1. The predicted octanol–water partition coefficient (Wildman–Crippen LogP) is 5.18. The van der Waals surface area contributed by atoms with Gasteiger partial charge in [-0.2, -0.15) is 11.3 Å². The van der Waals surface area contributed by atoms with Crippen LogP contribution in [0.2, 0.25) is 0 Å². The molecule has 8 heteroatoms. The molecule has 5 nitrogen and oxygen atoms in total. The van der Waals surface area contributed by atoms with E-state index in [1.165, 1.54) is 15.6 Å². The fourth-order valence-corrected chi connectivity index (χ4v) is 5.21. The molecule has 0 bridgehead atoms. The van der Waals surface area contributed by atoms with Gasteiger partial charge in [-0.3, -0.25) is 13.9 Å². The smallest absolute Gasteiger partial charge is 0.240 e. The van der Waals surface area contributed by atoms with Gasteiger partial charge in [-0.05, 0) is 71.0 Å². The highest BCUT2D eigenvalue weighted by atomic mass is 32.1. The lowest BCUT2D eigenvalue weighted by Crippen LogP contribution is -2.51. The van der Waals surface area contributed by atoms with Crippen LogP contribution in [-0.4, -0.2) is 21.0 Å². The molecule has 1 aliphatic carbocycles. The number of aromatic nitrogens is 1. The number of ketones is 1. The van der Waals surface area contributed by atoms with Crippen molar-refractivity contribution in [2.75, 3.05) is 5.32 Å². The monoisotopic (exact) mass is 453 g/mol. The highest BCUT2D eigenvalue weighted by Crippen LogP contribution is 2.44. The molecule has 158 valence electrons. The lowest BCUT2D eigenvalue weighted by molar-refractivity contribution is -0.139. The Labute approximate surface area is 188 Å². The largest absolute Gasteiger partial charge is 0.338 e. The topological polar surface area (TPSA) is 62.3 Å². The number of carbonyl (C=O) groups excluding carboxylic acids is 2. The number of rotatable bonds is 5. The van der Waals surface area contributed by atoms with Crippen molar-refractivity contribution < 1.29 is 14.0 Å². The Hall–Kier alpha value is -2.71. The molecule has 1 aromatic carbocycles. The van der Waals surface area contributed by atoms with Gasteiger partial charge >= 0.3 is 0 Å². The molecule has 2 aromatic heterocycles. The van der Waals surface area contributed by atoms with Crippen LogP contribution in [0.3, 0.4) is 0 Å². The Kier molecular flexibility index (Phi) is 5.06. The lowest BCUT2D eigenvalue weighted by atomic mass is 9.79. The fraction of sp³-hybridized carbons (Fsp3) is 0.261. The normalized spacial score (nSPS) is 21.4. The Morgan fingerprint density at radius 2 is 2.03 bits per heavy atom. The van der Waals surface area contributed by atoms with Crippen LogP contribution in [0.25, 0.3) is 0 Å². The molecule has 1 unspecified atom stereocenters. The number of nitrogens with zero attached hydrogens (tertiary/aromatic N) is 2. The summed E-state index contributed by atoms with van der Waals surface area (Å²) in [4.78, 5) is 29.7. The number of thiophene rings is 1. The van der Waals surface area contributed by atoms with Gasteiger partial charge in [0.25, 0.3) is 0 Å². The van der Waals surface area contributed by atoms with Gasteiger partial charge < -0.3 is 5.32 Å². The Morgan fingerprint density at radius 1 is 1.19 bits per heavy atom. The number of Topliss-reactive ketones (excluding diaryl/α,β-unsaturated/α-hetero) is 1. The molecule has 0 radical (unpaired) electrons. The van der Waals surface area contributed by atoms with Crippen molar-refractivity contribution in [2.45, 2.75) is 37.1 Å². The van der Waals surface area contributed by atoms with Crippen LogP contribution in [-0.2, 0) is 15.1 Å². The molecule has 31 heavy (non-hydrogen) atoms. The first-order valence-electron chi connectivity index (χ1n) is 10.1. The third-order valence-corrected chi connectivity index (χ3v) is 7.12. The molecule has 2 aliphatic rings. The highest BCUT2D eigenvalue weighted by Gasteiger charge is 2.49. The van der Waals surface area contributed by atoms with E-state index in [-0.39, 0.29) is 30.3 Å². The second kappa shape index (κ2) is 7.76. The lowest BCUT2D eigenvalue weighted by Gasteiger charge is -2.42. The van der Waals surface area contributed by atoms with Gasteiger partial charge in [0, 0.05) is 6.42 Å². The Bertz CT molecular complexity index is 1160. The maximum Gasteiger partial charge on any atom is 0.240 e. The summed E-state index contributed by atoms with van der Waals surface area (Å²) in [5, 5.41) is 6.83. The average Bonchev–Trinajstić information content (AvgIpc) is 3.46. The molecule has 3 heterocycles. The molecular weight excluding hydrogens is 433 g/mol. The van der Waals surface area contributed by atoms with Crippen molar-refractivity contribution >= 4 is 47.3 Å². The maximum atomic E-state index is 14.6. The van der Waals surface area contributed by atoms with E-state index in [1.54, 1.807) is 30.3 Å². The SMILES string of the molecule is O=C1CC(=O)N(S)C(c2ccsc2)(c2cccc(Nc3ccc(C4CC4)cc3F)n2)C1. The molecule has 5 rings (SSSR count). The van der Waals surface area contributed by atoms with E-state index < -0.39 is 5.54 Å². The van der Waals surface area contributed by atoms with Crippen LogP contribution >= 0.6 is 24.2 Å². The number of piperidine rings is 1. The summed E-state index contributed by atoms with van der Waals surface area (Å²) < 4.78 is 16.0. The molecule has 3 aromatic rings. The van der Waals surface area contributed by atoms with Crippen LogP contribution in [0.4, 0.5) is 15.9 Å². The molecule has 1 atom stereocenters. The van der Waals surface area contributed by atoms with E-state index in [4.69, 9.17) is 0 Å². The summed E-state index contributed by atoms with van der Waals surface area (Å²) in [5.74, 6) is 0.0367. The Morgan fingerprint density at radius 3 is 2.74 bits per heavy atom. The Balaban J connectivity index is 1.53. The number of thiol groups is 1. The summed E-state index contributed by atoms with van der Waals surface area (Å²) in [7, 11) is 0. The fourth-order valence-electron chi connectivity index (χ4n) is 4.13. The predicted molar refractivity (Wildman–Crippen MR) is 121 cm³/mol. The van der Waals surface area contributed by atoms with Crippen molar-refractivity contribution in [3.63, 3.8) is 0 Å². The van der Waals surface area contributed by atoms with E-state index in [1.807, 2.05) is 22.9 Å². The zero-order chi connectivity index (χ0) is 21.6. The number of amides is 1. The van der Waals surface area contributed by atoms with Crippen molar-refractivity contribution in [2.24, 2.45) is 0 Å². The number of hydrogen-bond acceptors (Lipinski definition) is 6. The van der Waals surface area contributed by atoms with Crippen molar-refractivity contribution in [1.82, 2.24) is 9.29 Å². The molecule has 1 amide bonds. The summed E-state index contributed by atoms with van der Waals surface area (Å²) in [6, 6.07) is 12.4. The van der Waals surface area contributed by atoms with E-state index >= 15 is 0 Å². The number of hydrogen-bond donors (Lipinski definition) is 2. The average molecular weight is 454 g/mol. The van der Waals surface area contributed by atoms with E-state index in [0.717, 1.165) is 24.0 Å². The molecule has 1 aliphatic heterocycles. The molecule has 1 N–H and O–H groups in total. The number of anilines is 2. The minimum atomic E-state index is -1.11. The van der Waals surface area contributed by atoms with Gasteiger partial charge in [0.15, 0.2) is 0 Å². The first kappa shape index (κ1) is 20.2. The van der Waals surface area contributed by atoms with E-state index in [9.17, 15) is 14.0 Å². The third kappa shape index (κ3) is 3.64.